The first-order valence-electron chi connectivity index (χ1n) is 9.54. The van der Waals surface area contributed by atoms with Crippen LogP contribution in [-0.2, 0) is 4.74 Å². The third-order valence-corrected chi connectivity index (χ3v) is 6.82. The first kappa shape index (κ1) is 18.0. The molecule has 1 N–H and O–H groups in total. The molecule has 0 aromatic rings. The smallest absolute Gasteiger partial charge is 0.0793 e. The maximum Gasteiger partial charge on any atom is 0.0793 e. The van der Waals surface area contributed by atoms with Gasteiger partial charge in [-0.1, -0.05) is 6.92 Å². The molecule has 0 bridgehead atoms. The van der Waals surface area contributed by atoms with Crippen molar-refractivity contribution in [2.24, 2.45) is 5.92 Å². The van der Waals surface area contributed by atoms with Crippen LogP contribution < -0.4 is 0 Å². The zero-order valence-corrected chi connectivity index (χ0v) is 15.5. The maximum atomic E-state index is 10.6. The van der Waals surface area contributed by atoms with Crippen LogP contribution in [0.2, 0.25) is 0 Å². The van der Waals surface area contributed by atoms with E-state index in [2.05, 4.69) is 28.5 Å². The third kappa shape index (κ3) is 5.60. The van der Waals surface area contributed by atoms with Crippen molar-refractivity contribution in [1.29, 1.82) is 0 Å². The van der Waals surface area contributed by atoms with Gasteiger partial charge in [-0.05, 0) is 56.9 Å². The summed E-state index contributed by atoms with van der Waals surface area (Å²) in [6.07, 6.45) is 6.39. The molecule has 0 aromatic carbocycles. The Morgan fingerprint density at radius 2 is 2.09 bits per heavy atom. The molecule has 0 amide bonds. The van der Waals surface area contributed by atoms with Gasteiger partial charge >= 0.3 is 0 Å². The van der Waals surface area contributed by atoms with E-state index in [0.29, 0.717) is 12.1 Å². The number of β-amino-alcohol motifs (C(OH)–C–C–N with tert-alkyl or cyclic N) is 1. The second kappa shape index (κ2) is 9.04. The number of thioether (sulfide) groups is 1. The largest absolute Gasteiger partial charge is 0.390 e. The standard InChI is InChI=1S/C18H34N2O2S/c1-15-4-7-19(8-5-15)11-17(21)12-20(16-6-10-23-14-16)13-18-3-2-9-22-18/h15-18,21H,2-14H2,1H3. The number of hydrogen-bond acceptors (Lipinski definition) is 5. The van der Waals surface area contributed by atoms with E-state index in [9.17, 15) is 5.11 Å². The number of rotatable bonds is 7. The Morgan fingerprint density at radius 1 is 1.26 bits per heavy atom. The second-order valence-electron chi connectivity index (χ2n) is 7.74. The zero-order valence-electron chi connectivity index (χ0n) is 14.7. The molecule has 3 unspecified atom stereocenters. The van der Waals surface area contributed by atoms with Crippen molar-refractivity contribution < 1.29 is 9.84 Å². The molecule has 3 heterocycles. The molecule has 3 rings (SSSR count). The first-order valence-corrected chi connectivity index (χ1v) is 10.7. The van der Waals surface area contributed by atoms with Crippen molar-refractivity contribution in [3.8, 4) is 0 Å². The van der Waals surface area contributed by atoms with Crippen molar-refractivity contribution in [2.45, 2.75) is 57.3 Å². The SMILES string of the molecule is CC1CCN(CC(O)CN(CC2CCCO2)C2CCSC2)CC1. The first-order chi connectivity index (χ1) is 11.2. The van der Waals surface area contributed by atoms with Crippen molar-refractivity contribution in [3.63, 3.8) is 0 Å². The summed E-state index contributed by atoms with van der Waals surface area (Å²) in [5, 5.41) is 10.6. The van der Waals surface area contributed by atoms with Gasteiger partial charge in [0.05, 0.1) is 12.2 Å². The minimum Gasteiger partial charge on any atom is -0.390 e. The molecule has 0 saturated carbocycles. The van der Waals surface area contributed by atoms with E-state index in [1.165, 1.54) is 43.6 Å². The number of likely N-dealkylation sites (tertiary alicyclic amines) is 1. The highest BCUT2D eigenvalue weighted by molar-refractivity contribution is 7.99. The van der Waals surface area contributed by atoms with Gasteiger partial charge in [-0.2, -0.15) is 11.8 Å². The Morgan fingerprint density at radius 3 is 2.74 bits per heavy atom. The van der Waals surface area contributed by atoms with Gasteiger partial charge in [0.2, 0.25) is 0 Å². The third-order valence-electron chi connectivity index (χ3n) is 5.67. The zero-order chi connectivity index (χ0) is 16.1. The van der Waals surface area contributed by atoms with Crippen LogP contribution in [0, 0.1) is 5.92 Å². The molecule has 0 radical (unpaired) electrons. The molecule has 0 aliphatic carbocycles. The Balaban J connectivity index is 1.47. The fourth-order valence-electron chi connectivity index (χ4n) is 4.10. The lowest BCUT2D eigenvalue weighted by atomic mass is 9.99. The van der Waals surface area contributed by atoms with Crippen LogP contribution in [-0.4, -0.2) is 84.0 Å². The van der Waals surface area contributed by atoms with E-state index >= 15 is 0 Å². The van der Waals surface area contributed by atoms with E-state index in [1.54, 1.807) is 0 Å². The maximum absolute atomic E-state index is 10.6. The summed E-state index contributed by atoms with van der Waals surface area (Å²) >= 11 is 2.06. The highest BCUT2D eigenvalue weighted by Crippen LogP contribution is 2.25. The molecule has 3 saturated heterocycles. The van der Waals surface area contributed by atoms with Crippen LogP contribution in [0.15, 0.2) is 0 Å². The molecule has 0 aromatic heterocycles. The number of nitrogens with zero attached hydrogens (tertiary/aromatic N) is 2. The predicted molar refractivity (Wildman–Crippen MR) is 97.1 cm³/mol. The van der Waals surface area contributed by atoms with Crippen LogP contribution in [0.3, 0.4) is 0 Å². The van der Waals surface area contributed by atoms with Crippen LogP contribution in [0.4, 0.5) is 0 Å². The lowest BCUT2D eigenvalue weighted by molar-refractivity contribution is 0.0201. The van der Waals surface area contributed by atoms with Crippen molar-refractivity contribution in [2.75, 3.05) is 50.8 Å². The fraction of sp³-hybridized carbons (Fsp3) is 1.00. The average molecular weight is 343 g/mol. The molecule has 3 aliphatic heterocycles. The highest BCUT2D eigenvalue weighted by atomic mass is 32.2. The van der Waals surface area contributed by atoms with E-state index in [4.69, 9.17) is 4.74 Å². The van der Waals surface area contributed by atoms with Crippen LogP contribution >= 0.6 is 11.8 Å². The van der Waals surface area contributed by atoms with Gasteiger partial charge < -0.3 is 14.7 Å². The lowest BCUT2D eigenvalue weighted by Crippen LogP contribution is -2.48. The van der Waals surface area contributed by atoms with E-state index in [0.717, 1.165) is 45.2 Å². The molecule has 5 heteroatoms. The number of aliphatic hydroxyl groups is 1. The average Bonchev–Trinajstić information content (AvgIpc) is 3.22. The summed E-state index contributed by atoms with van der Waals surface area (Å²) in [6, 6.07) is 0.639. The Labute approximate surface area is 145 Å². The number of piperidine rings is 1. The molecule has 3 aliphatic rings. The molecule has 3 fully saturated rings. The molecule has 134 valence electrons. The molecule has 0 spiro atoms. The minimum absolute atomic E-state index is 0.226. The monoisotopic (exact) mass is 342 g/mol. The van der Waals surface area contributed by atoms with Gasteiger partial charge in [0, 0.05) is 38.0 Å². The van der Waals surface area contributed by atoms with Gasteiger partial charge in [0.15, 0.2) is 0 Å². The summed E-state index contributed by atoms with van der Waals surface area (Å²) in [7, 11) is 0. The number of hydrogen-bond donors (Lipinski definition) is 1. The van der Waals surface area contributed by atoms with Crippen molar-refractivity contribution >= 4 is 11.8 Å². The van der Waals surface area contributed by atoms with E-state index in [-0.39, 0.29) is 6.10 Å². The number of ether oxygens (including phenoxy) is 1. The quantitative estimate of drug-likeness (QED) is 0.766. The Hall–Kier alpha value is 0.190. The Bertz CT molecular complexity index is 338. The summed E-state index contributed by atoms with van der Waals surface area (Å²) in [5.74, 6) is 3.35. The topological polar surface area (TPSA) is 35.9 Å². The highest BCUT2D eigenvalue weighted by Gasteiger charge is 2.29. The lowest BCUT2D eigenvalue weighted by Gasteiger charge is -2.35. The fourth-order valence-corrected chi connectivity index (χ4v) is 5.36. The molecule has 23 heavy (non-hydrogen) atoms. The predicted octanol–water partition coefficient (Wildman–Crippen LogP) is 2.07. The van der Waals surface area contributed by atoms with Gasteiger partial charge in [0.25, 0.3) is 0 Å². The van der Waals surface area contributed by atoms with E-state index in [1.807, 2.05) is 0 Å². The van der Waals surface area contributed by atoms with Crippen LogP contribution in [0.1, 0.15) is 39.0 Å². The second-order valence-corrected chi connectivity index (χ2v) is 8.89. The molecule has 3 atom stereocenters. The van der Waals surface area contributed by atoms with Crippen molar-refractivity contribution in [1.82, 2.24) is 9.80 Å². The molecular weight excluding hydrogens is 308 g/mol. The summed E-state index contributed by atoms with van der Waals surface area (Å²) in [4.78, 5) is 4.99. The van der Waals surface area contributed by atoms with Gasteiger partial charge in [-0.25, -0.2) is 0 Å². The molecular formula is C18H34N2O2S. The Kier molecular flexibility index (Phi) is 7.08. The van der Waals surface area contributed by atoms with Gasteiger partial charge in [-0.15, -0.1) is 0 Å². The summed E-state index contributed by atoms with van der Waals surface area (Å²) < 4.78 is 5.85. The summed E-state index contributed by atoms with van der Waals surface area (Å²) in [5.41, 5.74) is 0. The van der Waals surface area contributed by atoms with Crippen molar-refractivity contribution in [3.05, 3.63) is 0 Å². The van der Waals surface area contributed by atoms with Gasteiger partial charge in [0.1, 0.15) is 0 Å². The number of aliphatic hydroxyl groups excluding tert-OH is 1. The summed E-state index contributed by atoms with van der Waals surface area (Å²) in [6.45, 7) is 8.25. The molecule has 4 nitrogen and oxygen atoms in total. The van der Waals surface area contributed by atoms with E-state index < -0.39 is 0 Å². The normalized spacial score (nSPS) is 32.0. The minimum atomic E-state index is -0.226. The van der Waals surface area contributed by atoms with Crippen LogP contribution in [0.5, 0.6) is 0 Å². The van der Waals surface area contributed by atoms with Crippen LogP contribution in [0.25, 0.3) is 0 Å². The van der Waals surface area contributed by atoms with Gasteiger partial charge in [-0.3, -0.25) is 4.90 Å².